The lowest BCUT2D eigenvalue weighted by Gasteiger charge is -2.36. The average Bonchev–Trinajstić information content (AvgIpc) is 3.30. The highest BCUT2D eigenvalue weighted by Crippen LogP contribution is 2.61. The minimum absolute atomic E-state index is 0.323. The first kappa shape index (κ1) is 50.6. The van der Waals surface area contributed by atoms with Crippen LogP contribution in [0.15, 0.2) is 238 Å². The SMILES string of the molecule is C=Cc1ccc(C2(c3c(F)cc(F)c(F)c3F)c3ccccc3-c3ccc(N(c4cccc(-c5cccc(-c6ccccc6)c5)c4)c4ccc5c(c4)C(c4ccc(C=C)cc4)(c4c(F)cc(F)c(F)c4F)c4ccccc4-5)cc32)cc1. The summed E-state index contributed by atoms with van der Waals surface area (Å²) in [5.41, 5.74) is 5.40. The normalized spacial score (nSPS) is 15.6. The number of halogens is 8. The molecule has 0 amide bonds. The summed E-state index contributed by atoms with van der Waals surface area (Å²) in [4.78, 5) is 1.89. The second-order valence-corrected chi connectivity index (χ2v) is 20.2. The minimum Gasteiger partial charge on any atom is -0.310 e. The van der Waals surface area contributed by atoms with Gasteiger partial charge in [-0.25, -0.2) is 35.1 Å². The van der Waals surface area contributed by atoms with Crippen molar-refractivity contribution in [2.75, 3.05) is 4.90 Å². The zero-order valence-electron chi connectivity index (χ0n) is 42.9. The Morgan fingerprint density at radius 1 is 0.296 bits per heavy atom. The number of anilines is 3. The van der Waals surface area contributed by atoms with Gasteiger partial charge in [-0.3, -0.25) is 0 Å². The molecule has 0 saturated heterocycles. The van der Waals surface area contributed by atoms with Crippen LogP contribution in [-0.4, -0.2) is 0 Å². The first-order valence-corrected chi connectivity index (χ1v) is 26.1. The minimum atomic E-state index is -1.95. The molecule has 0 bridgehead atoms. The van der Waals surface area contributed by atoms with Gasteiger partial charge in [-0.05, 0) is 131 Å². The quantitative estimate of drug-likeness (QED) is 0.0709. The molecule has 0 saturated carbocycles. The van der Waals surface area contributed by atoms with Gasteiger partial charge >= 0.3 is 0 Å². The van der Waals surface area contributed by atoms with E-state index in [0.29, 0.717) is 96.0 Å². The van der Waals surface area contributed by atoms with Crippen LogP contribution < -0.4 is 4.90 Å². The molecular weight excluding hydrogens is 1030 g/mol. The number of benzene rings is 11. The van der Waals surface area contributed by atoms with E-state index in [4.69, 9.17) is 0 Å². The molecule has 81 heavy (non-hydrogen) atoms. The third kappa shape index (κ3) is 7.66. The van der Waals surface area contributed by atoms with Gasteiger partial charge in [0.25, 0.3) is 0 Å². The van der Waals surface area contributed by atoms with Crippen LogP contribution in [0.5, 0.6) is 0 Å². The summed E-state index contributed by atoms with van der Waals surface area (Å²) in [6.45, 7) is 7.79. The number of hydrogen-bond donors (Lipinski definition) is 0. The van der Waals surface area contributed by atoms with Gasteiger partial charge in [-0.2, -0.15) is 0 Å². The van der Waals surface area contributed by atoms with E-state index in [2.05, 4.69) is 19.2 Å². The lowest BCUT2D eigenvalue weighted by molar-refractivity contribution is 0.416. The maximum absolute atomic E-state index is 17.1. The molecule has 11 aromatic rings. The average molecular weight is 1070 g/mol. The van der Waals surface area contributed by atoms with Gasteiger partial charge in [0.2, 0.25) is 0 Å². The molecule has 2 aliphatic rings. The van der Waals surface area contributed by atoms with Gasteiger partial charge in [-0.1, -0.05) is 195 Å². The highest BCUT2D eigenvalue weighted by atomic mass is 19.2. The van der Waals surface area contributed by atoms with Gasteiger partial charge in [0, 0.05) is 40.3 Å². The fourth-order valence-electron chi connectivity index (χ4n) is 12.6. The molecule has 392 valence electrons. The maximum Gasteiger partial charge on any atom is 0.194 e. The summed E-state index contributed by atoms with van der Waals surface area (Å²) in [6, 6.07) is 65.0. The Kier molecular flexibility index (Phi) is 12.2. The summed E-state index contributed by atoms with van der Waals surface area (Å²) >= 11 is 0. The van der Waals surface area contributed by atoms with Gasteiger partial charge in [0.15, 0.2) is 34.9 Å². The second kappa shape index (κ2) is 19.5. The molecule has 2 atom stereocenters. The van der Waals surface area contributed by atoms with Crippen molar-refractivity contribution in [3.63, 3.8) is 0 Å². The Hall–Kier alpha value is -9.86. The Balaban J connectivity index is 1.12. The number of fused-ring (bicyclic) bond motifs is 6. The summed E-state index contributed by atoms with van der Waals surface area (Å²) in [5.74, 6) is -13.1. The molecule has 2 unspecified atom stereocenters. The Morgan fingerprint density at radius 3 is 1.15 bits per heavy atom. The number of hydrogen-bond acceptors (Lipinski definition) is 1. The van der Waals surface area contributed by atoms with Crippen LogP contribution in [0.25, 0.3) is 56.7 Å². The van der Waals surface area contributed by atoms with E-state index >= 15 is 35.1 Å². The predicted octanol–water partition coefficient (Wildman–Crippen LogP) is 19.6. The molecule has 2 aliphatic carbocycles. The smallest absolute Gasteiger partial charge is 0.194 e. The van der Waals surface area contributed by atoms with E-state index in [0.717, 1.165) is 22.3 Å². The van der Waals surface area contributed by atoms with Crippen LogP contribution >= 0.6 is 0 Å². The fraction of sp³-hybridized carbons (Fsp3) is 0.0278. The molecule has 0 radical (unpaired) electrons. The Bertz CT molecular complexity index is 4160. The second-order valence-electron chi connectivity index (χ2n) is 20.2. The molecule has 0 fully saturated rings. The van der Waals surface area contributed by atoms with E-state index in [-0.39, 0.29) is 0 Å². The van der Waals surface area contributed by atoms with Crippen molar-refractivity contribution in [3.8, 4) is 44.5 Å². The van der Waals surface area contributed by atoms with Crippen molar-refractivity contribution < 1.29 is 35.1 Å². The Morgan fingerprint density at radius 2 is 0.679 bits per heavy atom. The van der Waals surface area contributed by atoms with Crippen molar-refractivity contribution in [2.45, 2.75) is 10.8 Å². The molecule has 9 heteroatoms. The lowest BCUT2D eigenvalue weighted by Crippen LogP contribution is -2.32. The van der Waals surface area contributed by atoms with Gasteiger partial charge in [0.05, 0.1) is 10.8 Å². The van der Waals surface area contributed by atoms with Gasteiger partial charge in [0.1, 0.15) is 11.6 Å². The predicted molar refractivity (Wildman–Crippen MR) is 306 cm³/mol. The largest absolute Gasteiger partial charge is 0.310 e. The molecular formula is C72H43F8N. The lowest BCUT2D eigenvalue weighted by atomic mass is 9.67. The van der Waals surface area contributed by atoms with E-state index in [1.54, 1.807) is 109 Å². The van der Waals surface area contributed by atoms with Gasteiger partial charge in [-0.15, -0.1) is 0 Å². The molecule has 0 heterocycles. The van der Waals surface area contributed by atoms with E-state index in [1.165, 1.54) is 0 Å². The monoisotopic (exact) mass is 1070 g/mol. The van der Waals surface area contributed by atoms with Crippen LogP contribution in [0, 0.1) is 46.5 Å². The summed E-state index contributed by atoms with van der Waals surface area (Å²) < 4.78 is 131. The fourth-order valence-corrected chi connectivity index (χ4v) is 12.6. The van der Waals surface area contributed by atoms with E-state index in [1.807, 2.05) is 114 Å². The molecule has 11 aromatic carbocycles. The molecule has 0 N–H and O–H groups in total. The highest BCUT2D eigenvalue weighted by Gasteiger charge is 2.52. The van der Waals surface area contributed by atoms with Crippen molar-refractivity contribution in [2.24, 2.45) is 0 Å². The maximum atomic E-state index is 17.1. The number of nitrogens with zero attached hydrogens (tertiary/aromatic N) is 1. The summed E-state index contributed by atoms with van der Waals surface area (Å²) in [7, 11) is 0. The first-order valence-electron chi connectivity index (χ1n) is 26.1. The van der Waals surface area contributed by atoms with Crippen molar-refractivity contribution >= 4 is 29.2 Å². The molecule has 1 nitrogen and oxygen atoms in total. The molecule has 0 aromatic heterocycles. The van der Waals surface area contributed by atoms with Crippen molar-refractivity contribution in [1.82, 2.24) is 0 Å². The third-order valence-corrected chi connectivity index (χ3v) is 16.1. The van der Waals surface area contributed by atoms with Gasteiger partial charge < -0.3 is 4.90 Å². The number of rotatable bonds is 11. The van der Waals surface area contributed by atoms with Crippen LogP contribution in [-0.2, 0) is 10.8 Å². The van der Waals surface area contributed by atoms with Crippen LogP contribution in [0.4, 0.5) is 52.2 Å². The molecule has 0 aliphatic heterocycles. The van der Waals surface area contributed by atoms with Crippen molar-refractivity contribution in [1.29, 1.82) is 0 Å². The first-order chi connectivity index (χ1) is 39.4. The summed E-state index contributed by atoms with van der Waals surface area (Å²) in [6.07, 6.45) is 3.23. The standard InChI is InChI=1S/C72H43F8N/c1-3-42-24-28-48(29-25-42)71(65-61(73)40-63(75)67(77)69(65)79)57-22-10-8-20-53(57)55-34-32-51(38-59(55)71)81(50-19-13-18-47(37-50)46-17-12-16-45(36-46)44-14-6-5-7-15-44)52-33-35-56-54-21-9-11-23-58(54)72(60(56)39-52,49-30-26-43(4-2)27-31-49)66-62(74)41-64(76)68(78)70(66)80/h3-41H,1-2H2. The molecule has 13 rings (SSSR count). The Labute approximate surface area is 462 Å². The topological polar surface area (TPSA) is 3.24 Å². The van der Waals surface area contributed by atoms with Crippen LogP contribution in [0.1, 0.15) is 55.6 Å². The van der Waals surface area contributed by atoms with E-state index < -0.39 is 68.5 Å². The zero-order valence-corrected chi connectivity index (χ0v) is 42.9. The van der Waals surface area contributed by atoms with Crippen molar-refractivity contribution in [3.05, 3.63) is 340 Å². The third-order valence-electron chi connectivity index (χ3n) is 16.1. The summed E-state index contributed by atoms with van der Waals surface area (Å²) in [5, 5.41) is 0. The van der Waals surface area contributed by atoms with Crippen LogP contribution in [0.3, 0.4) is 0 Å². The van der Waals surface area contributed by atoms with E-state index in [9.17, 15) is 0 Å². The highest BCUT2D eigenvalue weighted by molar-refractivity contribution is 5.93. The zero-order chi connectivity index (χ0) is 55.9. The van der Waals surface area contributed by atoms with Crippen LogP contribution in [0.2, 0.25) is 0 Å². The molecule has 0 spiro atoms.